The lowest BCUT2D eigenvalue weighted by molar-refractivity contribution is -0.117. The molecule has 0 unspecified atom stereocenters. The Morgan fingerprint density at radius 3 is 3.06 bits per heavy atom. The van der Waals surface area contributed by atoms with Gasteiger partial charge in [-0.1, -0.05) is 12.1 Å². The van der Waals surface area contributed by atoms with Crippen LogP contribution in [0.4, 0.5) is 0 Å². The Labute approximate surface area is 90.9 Å². The number of nitrogens with zero attached hydrogens (tertiary/aromatic N) is 2. The summed E-state index contributed by atoms with van der Waals surface area (Å²) in [5.41, 5.74) is 8.01. The van der Waals surface area contributed by atoms with Crippen LogP contribution in [-0.4, -0.2) is 20.3 Å². The van der Waals surface area contributed by atoms with E-state index >= 15 is 0 Å². The van der Waals surface area contributed by atoms with E-state index in [4.69, 9.17) is 5.73 Å². The second-order valence-corrected chi connectivity index (χ2v) is 3.69. The van der Waals surface area contributed by atoms with E-state index in [0.717, 1.165) is 22.5 Å². The molecule has 1 amide bonds. The fourth-order valence-electron chi connectivity index (χ4n) is 1.94. The number of rotatable bonds is 2. The Balaban J connectivity index is 2.34. The van der Waals surface area contributed by atoms with Gasteiger partial charge in [-0.15, -0.1) is 0 Å². The van der Waals surface area contributed by atoms with Gasteiger partial charge in [-0.3, -0.25) is 9.20 Å². The molecule has 5 heteroatoms. The summed E-state index contributed by atoms with van der Waals surface area (Å²) < 4.78 is 1.92. The molecule has 0 aliphatic carbocycles. The van der Waals surface area contributed by atoms with Gasteiger partial charge >= 0.3 is 0 Å². The first-order valence-corrected chi connectivity index (χ1v) is 4.97. The minimum atomic E-state index is -0.355. The molecule has 2 heterocycles. The Morgan fingerprint density at radius 2 is 2.25 bits per heavy atom. The number of carbonyl (C=O) groups is 1. The molecule has 0 saturated carbocycles. The Bertz CT molecular complexity index is 679. The Morgan fingerprint density at radius 1 is 1.44 bits per heavy atom. The van der Waals surface area contributed by atoms with E-state index in [9.17, 15) is 4.79 Å². The first kappa shape index (κ1) is 8.96. The number of benzene rings is 1. The summed E-state index contributed by atoms with van der Waals surface area (Å²) in [6.07, 6.45) is 1.87. The number of fused-ring (bicyclic) bond motifs is 3. The van der Waals surface area contributed by atoms with E-state index in [1.165, 1.54) is 0 Å². The molecule has 0 aliphatic rings. The Hall–Kier alpha value is -2.30. The number of nitrogens with one attached hydrogen (secondary N) is 1. The molecule has 16 heavy (non-hydrogen) atoms. The van der Waals surface area contributed by atoms with Gasteiger partial charge in [0.05, 0.1) is 29.3 Å². The van der Waals surface area contributed by atoms with Crippen molar-refractivity contribution in [3.63, 3.8) is 0 Å². The van der Waals surface area contributed by atoms with Gasteiger partial charge in [0.15, 0.2) is 0 Å². The van der Waals surface area contributed by atoms with Gasteiger partial charge < -0.3 is 10.7 Å². The quantitative estimate of drug-likeness (QED) is 0.663. The van der Waals surface area contributed by atoms with Crippen LogP contribution < -0.4 is 5.73 Å². The molecular formula is C11H10N4O. The minimum absolute atomic E-state index is 0.197. The number of hydrogen-bond donors (Lipinski definition) is 2. The predicted molar refractivity (Wildman–Crippen MR) is 59.9 cm³/mol. The van der Waals surface area contributed by atoms with Crippen LogP contribution in [0.3, 0.4) is 0 Å². The maximum absolute atomic E-state index is 10.9. The third-order valence-electron chi connectivity index (χ3n) is 2.58. The van der Waals surface area contributed by atoms with Gasteiger partial charge in [0, 0.05) is 0 Å². The molecule has 0 bridgehead atoms. The number of carbonyl (C=O) groups excluding carboxylic acids is 1. The number of primary amides is 1. The van der Waals surface area contributed by atoms with E-state index in [1.54, 1.807) is 6.20 Å². The lowest BCUT2D eigenvalue weighted by Gasteiger charge is -1.96. The van der Waals surface area contributed by atoms with Crippen molar-refractivity contribution in [1.29, 1.82) is 0 Å². The Kier molecular flexibility index (Phi) is 1.73. The van der Waals surface area contributed by atoms with Crippen LogP contribution in [0.5, 0.6) is 0 Å². The summed E-state index contributed by atoms with van der Waals surface area (Å²) in [4.78, 5) is 18.3. The summed E-state index contributed by atoms with van der Waals surface area (Å²) in [7, 11) is 0. The first-order valence-electron chi connectivity index (χ1n) is 4.97. The van der Waals surface area contributed by atoms with Crippen molar-refractivity contribution in [2.24, 2.45) is 5.73 Å². The molecule has 0 aliphatic heterocycles. The van der Waals surface area contributed by atoms with Gasteiger partial charge in [0.1, 0.15) is 0 Å². The summed E-state index contributed by atoms with van der Waals surface area (Å²) in [6.45, 7) is 0. The number of aromatic nitrogens is 3. The van der Waals surface area contributed by atoms with Crippen LogP contribution in [0.15, 0.2) is 30.5 Å². The van der Waals surface area contributed by atoms with Crippen molar-refractivity contribution in [2.45, 2.75) is 6.42 Å². The molecule has 80 valence electrons. The second kappa shape index (κ2) is 3.10. The monoisotopic (exact) mass is 214 g/mol. The van der Waals surface area contributed by atoms with Crippen molar-refractivity contribution in [3.8, 4) is 0 Å². The zero-order valence-electron chi connectivity index (χ0n) is 8.47. The number of hydrogen-bond acceptors (Lipinski definition) is 2. The fraction of sp³-hybridized carbons (Fsp3) is 0.0909. The summed E-state index contributed by atoms with van der Waals surface area (Å²) in [6, 6.07) is 7.85. The topological polar surface area (TPSA) is 76.2 Å². The normalized spacial score (nSPS) is 11.2. The number of imidazole rings is 2. The van der Waals surface area contributed by atoms with E-state index in [0.29, 0.717) is 0 Å². The number of para-hydroxylation sites is 2. The number of aromatic amines is 1. The van der Waals surface area contributed by atoms with Gasteiger partial charge in [0.25, 0.3) is 0 Å². The fourth-order valence-corrected chi connectivity index (χ4v) is 1.94. The predicted octanol–water partition coefficient (Wildman–Crippen LogP) is 0.843. The van der Waals surface area contributed by atoms with Crippen molar-refractivity contribution in [1.82, 2.24) is 14.4 Å². The van der Waals surface area contributed by atoms with E-state index in [2.05, 4.69) is 9.97 Å². The van der Waals surface area contributed by atoms with Crippen LogP contribution in [0.25, 0.3) is 16.8 Å². The SMILES string of the molecule is NC(=O)Cc1cnc2[nH]c3ccccc3n12. The smallest absolute Gasteiger partial charge is 0.223 e. The minimum Gasteiger partial charge on any atom is -0.369 e. The zero-order valence-corrected chi connectivity index (χ0v) is 8.47. The molecule has 0 saturated heterocycles. The lowest BCUT2D eigenvalue weighted by Crippen LogP contribution is -2.14. The molecule has 0 fully saturated rings. The summed E-state index contributed by atoms with van der Waals surface area (Å²) >= 11 is 0. The number of nitrogens with two attached hydrogens (primary N) is 1. The number of amides is 1. The van der Waals surface area contributed by atoms with Crippen LogP contribution in [0.2, 0.25) is 0 Å². The number of H-pyrrole nitrogens is 1. The zero-order chi connectivity index (χ0) is 11.1. The molecule has 3 aromatic rings. The molecule has 0 radical (unpaired) electrons. The molecule has 5 nitrogen and oxygen atoms in total. The average molecular weight is 214 g/mol. The molecule has 1 aromatic carbocycles. The van der Waals surface area contributed by atoms with E-state index in [1.807, 2.05) is 28.7 Å². The summed E-state index contributed by atoms with van der Waals surface area (Å²) in [5, 5.41) is 0. The molecule has 0 spiro atoms. The third-order valence-corrected chi connectivity index (χ3v) is 2.58. The van der Waals surface area contributed by atoms with Crippen molar-refractivity contribution in [3.05, 3.63) is 36.2 Å². The molecule has 3 rings (SSSR count). The van der Waals surface area contributed by atoms with E-state index in [-0.39, 0.29) is 12.3 Å². The molecule has 3 N–H and O–H groups in total. The van der Waals surface area contributed by atoms with Gasteiger partial charge in [-0.2, -0.15) is 0 Å². The molecule has 0 atom stereocenters. The lowest BCUT2D eigenvalue weighted by atomic mass is 10.3. The average Bonchev–Trinajstić information content (AvgIpc) is 2.77. The second-order valence-electron chi connectivity index (χ2n) is 3.69. The summed E-state index contributed by atoms with van der Waals surface area (Å²) in [5.74, 6) is 0.379. The van der Waals surface area contributed by atoms with Gasteiger partial charge in [0.2, 0.25) is 11.7 Å². The highest BCUT2D eigenvalue weighted by Gasteiger charge is 2.10. The highest BCUT2D eigenvalue weighted by atomic mass is 16.1. The maximum Gasteiger partial charge on any atom is 0.223 e. The third kappa shape index (κ3) is 1.18. The van der Waals surface area contributed by atoms with Crippen LogP contribution in [0.1, 0.15) is 5.69 Å². The van der Waals surface area contributed by atoms with Gasteiger partial charge in [-0.05, 0) is 12.1 Å². The van der Waals surface area contributed by atoms with Crippen molar-refractivity contribution < 1.29 is 4.79 Å². The van der Waals surface area contributed by atoms with Crippen LogP contribution in [0, 0.1) is 0 Å². The van der Waals surface area contributed by atoms with Crippen molar-refractivity contribution in [2.75, 3.05) is 0 Å². The van der Waals surface area contributed by atoms with Gasteiger partial charge in [-0.25, -0.2) is 4.98 Å². The van der Waals surface area contributed by atoms with Crippen LogP contribution in [-0.2, 0) is 11.2 Å². The first-order chi connectivity index (χ1) is 7.75. The van der Waals surface area contributed by atoms with E-state index < -0.39 is 0 Å². The standard InChI is InChI=1S/C11H10N4O/c12-10(16)5-7-6-13-11-14-8-3-1-2-4-9(8)15(7)11/h1-4,6H,5H2,(H2,12,16)(H,13,14). The highest BCUT2D eigenvalue weighted by Crippen LogP contribution is 2.17. The molecular weight excluding hydrogens is 204 g/mol. The van der Waals surface area contributed by atoms with Crippen molar-refractivity contribution >= 4 is 22.7 Å². The highest BCUT2D eigenvalue weighted by molar-refractivity contribution is 5.81. The maximum atomic E-state index is 10.9. The largest absolute Gasteiger partial charge is 0.369 e. The molecule has 2 aromatic heterocycles. The van der Waals surface area contributed by atoms with Crippen LogP contribution >= 0.6 is 0 Å².